The highest BCUT2D eigenvalue weighted by Gasteiger charge is 2.23. The molecule has 1 aromatic carbocycles. The maximum atomic E-state index is 5.63. The first kappa shape index (κ1) is 10.2. The molecule has 2 N–H and O–H groups in total. The van der Waals surface area contributed by atoms with Gasteiger partial charge in [0.2, 0.25) is 0 Å². The number of para-hydroxylation sites is 1. The van der Waals surface area contributed by atoms with E-state index < -0.39 is 0 Å². The molecule has 0 atom stereocenters. The van der Waals surface area contributed by atoms with E-state index in [9.17, 15) is 0 Å². The molecule has 2 aromatic rings. The Morgan fingerprint density at radius 1 is 1.27 bits per heavy atom. The van der Waals surface area contributed by atoms with Crippen molar-refractivity contribution in [2.75, 3.05) is 6.54 Å². The second kappa shape index (κ2) is 3.70. The van der Waals surface area contributed by atoms with Gasteiger partial charge in [-0.1, -0.05) is 32.0 Å². The molecule has 0 bridgehead atoms. The van der Waals surface area contributed by atoms with E-state index in [0.29, 0.717) is 6.54 Å². The first-order valence-corrected chi connectivity index (χ1v) is 5.32. The van der Waals surface area contributed by atoms with E-state index in [4.69, 9.17) is 10.2 Å². The molecule has 0 radical (unpaired) electrons. The van der Waals surface area contributed by atoms with Crippen LogP contribution in [0.15, 0.2) is 34.9 Å². The van der Waals surface area contributed by atoms with Crippen LogP contribution in [0.3, 0.4) is 0 Å². The van der Waals surface area contributed by atoms with E-state index in [-0.39, 0.29) is 5.41 Å². The summed E-state index contributed by atoms with van der Waals surface area (Å²) in [4.78, 5) is 0. The van der Waals surface area contributed by atoms with E-state index in [1.54, 1.807) is 0 Å². The van der Waals surface area contributed by atoms with Gasteiger partial charge in [-0.3, -0.25) is 0 Å². The molecule has 0 aliphatic heterocycles. The fraction of sp³-hybridized carbons (Fsp3) is 0.385. The van der Waals surface area contributed by atoms with Crippen molar-refractivity contribution in [1.29, 1.82) is 0 Å². The number of furan rings is 1. The van der Waals surface area contributed by atoms with Crippen LogP contribution in [0.2, 0.25) is 0 Å². The Kier molecular flexibility index (Phi) is 2.53. The summed E-state index contributed by atoms with van der Waals surface area (Å²) in [6.07, 6.45) is 2.83. The van der Waals surface area contributed by atoms with E-state index in [1.165, 1.54) is 10.9 Å². The average Bonchev–Trinajstić information content (AvgIpc) is 2.61. The molecule has 0 amide bonds. The van der Waals surface area contributed by atoms with Crippen LogP contribution < -0.4 is 5.73 Å². The first-order valence-electron chi connectivity index (χ1n) is 5.32. The lowest BCUT2D eigenvalue weighted by Gasteiger charge is -2.22. The molecule has 0 saturated carbocycles. The summed E-state index contributed by atoms with van der Waals surface area (Å²) in [5.74, 6) is 0. The van der Waals surface area contributed by atoms with Crippen molar-refractivity contribution in [3.63, 3.8) is 0 Å². The molecule has 0 spiro atoms. The molecule has 1 heterocycles. The number of hydrogen-bond acceptors (Lipinski definition) is 2. The zero-order valence-electron chi connectivity index (χ0n) is 9.29. The molecule has 0 aliphatic carbocycles. The zero-order chi connectivity index (χ0) is 10.9. The first-order chi connectivity index (χ1) is 7.15. The molecule has 80 valence electrons. The molecule has 0 fully saturated rings. The molecule has 15 heavy (non-hydrogen) atoms. The van der Waals surface area contributed by atoms with Gasteiger partial charge in [-0.25, -0.2) is 0 Å². The summed E-state index contributed by atoms with van der Waals surface area (Å²) in [5, 5.41) is 1.20. The van der Waals surface area contributed by atoms with Crippen LogP contribution in [0.1, 0.15) is 25.8 Å². The third-order valence-electron chi connectivity index (χ3n) is 2.98. The quantitative estimate of drug-likeness (QED) is 0.832. The number of rotatable bonds is 3. The summed E-state index contributed by atoms with van der Waals surface area (Å²) in [6, 6.07) is 8.13. The Morgan fingerprint density at radius 3 is 2.73 bits per heavy atom. The van der Waals surface area contributed by atoms with E-state index >= 15 is 0 Å². The normalized spacial score (nSPS) is 12.2. The van der Waals surface area contributed by atoms with Gasteiger partial charge in [0, 0.05) is 10.9 Å². The van der Waals surface area contributed by atoms with Crippen molar-refractivity contribution in [2.45, 2.75) is 25.7 Å². The molecule has 2 heteroatoms. The van der Waals surface area contributed by atoms with Crippen LogP contribution in [0.5, 0.6) is 0 Å². The van der Waals surface area contributed by atoms with Crippen molar-refractivity contribution in [2.24, 2.45) is 5.73 Å². The van der Waals surface area contributed by atoms with Gasteiger partial charge < -0.3 is 10.2 Å². The maximum Gasteiger partial charge on any atom is 0.134 e. The van der Waals surface area contributed by atoms with Gasteiger partial charge >= 0.3 is 0 Å². The third-order valence-corrected chi connectivity index (χ3v) is 2.98. The molecule has 2 nitrogen and oxygen atoms in total. The monoisotopic (exact) mass is 203 g/mol. The standard InChI is InChI=1S/C13H17NO/c1-13(2,7-8-14)11-9-15-12-6-4-3-5-10(11)12/h3-6,9H,7-8,14H2,1-2H3. The highest BCUT2D eigenvalue weighted by atomic mass is 16.3. The third kappa shape index (κ3) is 1.77. The molecule has 1 aromatic heterocycles. The number of benzene rings is 1. The van der Waals surface area contributed by atoms with Crippen molar-refractivity contribution in [1.82, 2.24) is 0 Å². The fourth-order valence-corrected chi connectivity index (χ4v) is 2.00. The average molecular weight is 203 g/mol. The van der Waals surface area contributed by atoms with Crippen LogP contribution in [0.25, 0.3) is 11.0 Å². The molecule has 2 rings (SSSR count). The molecular formula is C13H17NO. The van der Waals surface area contributed by atoms with Crippen molar-refractivity contribution in [3.05, 3.63) is 36.1 Å². The SMILES string of the molecule is CC(C)(CCN)c1coc2ccccc12. The Bertz CT molecular complexity index is 456. The lowest BCUT2D eigenvalue weighted by Crippen LogP contribution is -2.21. The van der Waals surface area contributed by atoms with Gasteiger partial charge in [0.05, 0.1) is 6.26 Å². The summed E-state index contributed by atoms with van der Waals surface area (Å²) in [5.41, 5.74) is 7.93. The second-order valence-corrected chi connectivity index (χ2v) is 4.57. The van der Waals surface area contributed by atoms with Gasteiger partial charge in [-0.2, -0.15) is 0 Å². The fourth-order valence-electron chi connectivity index (χ4n) is 2.00. The van der Waals surface area contributed by atoms with Crippen LogP contribution in [0.4, 0.5) is 0 Å². The van der Waals surface area contributed by atoms with Crippen LogP contribution in [0, 0.1) is 0 Å². The predicted molar refractivity (Wildman–Crippen MR) is 62.9 cm³/mol. The maximum absolute atomic E-state index is 5.63. The van der Waals surface area contributed by atoms with Gasteiger partial charge in [0.15, 0.2) is 0 Å². The summed E-state index contributed by atoms with van der Waals surface area (Å²) >= 11 is 0. The van der Waals surface area contributed by atoms with E-state index in [2.05, 4.69) is 19.9 Å². The molecule has 0 saturated heterocycles. The van der Waals surface area contributed by atoms with Gasteiger partial charge in [-0.15, -0.1) is 0 Å². The topological polar surface area (TPSA) is 39.2 Å². The number of nitrogens with two attached hydrogens (primary N) is 1. The minimum atomic E-state index is 0.0847. The van der Waals surface area contributed by atoms with E-state index in [1.807, 2.05) is 24.5 Å². The summed E-state index contributed by atoms with van der Waals surface area (Å²) < 4.78 is 5.54. The largest absolute Gasteiger partial charge is 0.464 e. The number of fused-ring (bicyclic) bond motifs is 1. The molecule has 0 aliphatic rings. The minimum absolute atomic E-state index is 0.0847. The zero-order valence-corrected chi connectivity index (χ0v) is 9.29. The predicted octanol–water partition coefficient (Wildman–Crippen LogP) is 3.06. The van der Waals surface area contributed by atoms with Crippen molar-refractivity contribution >= 4 is 11.0 Å². The van der Waals surface area contributed by atoms with Crippen LogP contribution in [-0.2, 0) is 5.41 Å². The highest BCUT2D eigenvalue weighted by Crippen LogP contribution is 2.33. The number of hydrogen-bond donors (Lipinski definition) is 1. The van der Waals surface area contributed by atoms with E-state index in [0.717, 1.165) is 12.0 Å². The lowest BCUT2D eigenvalue weighted by molar-refractivity contribution is 0.480. The highest BCUT2D eigenvalue weighted by molar-refractivity contribution is 5.81. The Balaban J connectivity index is 2.52. The van der Waals surface area contributed by atoms with Crippen LogP contribution >= 0.6 is 0 Å². The Hall–Kier alpha value is -1.28. The second-order valence-electron chi connectivity index (χ2n) is 4.57. The van der Waals surface area contributed by atoms with Crippen molar-refractivity contribution in [3.8, 4) is 0 Å². The smallest absolute Gasteiger partial charge is 0.134 e. The van der Waals surface area contributed by atoms with Crippen molar-refractivity contribution < 1.29 is 4.42 Å². The minimum Gasteiger partial charge on any atom is -0.464 e. The summed E-state index contributed by atoms with van der Waals surface area (Å²) in [6.45, 7) is 5.11. The lowest BCUT2D eigenvalue weighted by atomic mass is 9.81. The van der Waals surface area contributed by atoms with Gasteiger partial charge in [0.1, 0.15) is 5.58 Å². The Labute approximate surface area is 90.1 Å². The summed E-state index contributed by atoms with van der Waals surface area (Å²) in [7, 11) is 0. The Morgan fingerprint density at radius 2 is 2.00 bits per heavy atom. The van der Waals surface area contributed by atoms with Gasteiger partial charge in [0.25, 0.3) is 0 Å². The van der Waals surface area contributed by atoms with Gasteiger partial charge in [-0.05, 0) is 24.4 Å². The van der Waals surface area contributed by atoms with Crippen LogP contribution in [-0.4, -0.2) is 6.54 Å². The molecular weight excluding hydrogens is 186 g/mol. The molecule has 0 unspecified atom stereocenters.